The van der Waals surface area contributed by atoms with E-state index in [1.165, 1.54) is 6.92 Å². The molecule has 0 saturated carbocycles. The number of nitrogens with zero attached hydrogens (tertiary/aromatic N) is 3. The van der Waals surface area contributed by atoms with E-state index in [9.17, 15) is 13.2 Å². The summed E-state index contributed by atoms with van der Waals surface area (Å²) >= 11 is 1.04. The molecule has 0 radical (unpaired) electrons. The fourth-order valence-corrected chi connectivity index (χ4v) is 3.54. The number of carbonyl (C=O) groups is 1. The standard InChI is InChI=1S/C8H9N5O4S2/c1-3-6(5(7(14)15)11-9-3)19(16,17)13-8-12-10-4(2)18-8/h1-2H3,(H,9,11)(H,12,13)(H,14,15). The number of aromatic carboxylic acids is 1. The van der Waals surface area contributed by atoms with Crippen LogP contribution in [0.4, 0.5) is 5.13 Å². The van der Waals surface area contributed by atoms with Crippen molar-refractivity contribution in [3.8, 4) is 0 Å². The first kappa shape index (κ1) is 13.4. The third kappa shape index (κ3) is 2.56. The smallest absolute Gasteiger partial charge is 0.357 e. The van der Waals surface area contributed by atoms with Crippen LogP contribution >= 0.6 is 11.3 Å². The Morgan fingerprint density at radius 2 is 2.05 bits per heavy atom. The topological polar surface area (TPSA) is 138 Å². The van der Waals surface area contributed by atoms with E-state index in [-0.39, 0.29) is 10.8 Å². The molecule has 0 atom stereocenters. The molecule has 0 unspecified atom stereocenters. The highest BCUT2D eigenvalue weighted by Crippen LogP contribution is 2.23. The van der Waals surface area contributed by atoms with Gasteiger partial charge in [0.15, 0.2) is 5.69 Å². The molecule has 9 nitrogen and oxygen atoms in total. The number of aromatic amines is 1. The van der Waals surface area contributed by atoms with Crippen LogP contribution in [0.15, 0.2) is 4.90 Å². The Kier molecular flexibility index (Phi) is 3.24. The molecule has 102 valence electrons. The van der Waals surface area contributed by atoms with Gasteiger partial charge in [0.2, 0.25) is 5.13 Å². The Balaban J connectivity index is 2.45. The maximum absolute atomic E-state index is 12.1. The molecule has 3 N–H and O–H groups in total. The molecule has 2 aromatic rings. The van der Waals surface area contributed by atoms with Gasteiger partial charge < -0.3 is 5.11 Å². The molecule has 19 heavy (non-hydrogen) atoms. The zero-order valence-electron chi connectivity index (χ0n) is 9.83. The van der Waals surface area contributed by atoms with Crippen LogP contribution in [0.25, 0.3) is 0 Å². The second-order valence-corrected chi connectivity index (χ2v) is 6.36. The van der Waals surface area contributed by atoms with Crippen LogP contribution in [0, 0.1) is 13.8 Å². The number of sulfonamides is 1. The minimum Gasteiger partial charge on any atom is -0.476 e. The fourth-order valence-electron chi connectivity index (χ4n) is 1.40. The summed E-state index contributed by atoms with van der Waals surface area (Å²) in [6.07, 6.45) is 0. The molecule has 0 aliphatic heterocycles. The summed E-state index contributed by atoms with van der Waals surface area (Å²) in [6.45, 7) is 3.08. The van der Waals surface area contributed by atoms with Crippen LogP contribution in [0.5, 0.6) is 0 Å². The van der Waals surface area contributed by atoms with Gasteiger partial charge in [-0.05, 0) is 13.8 Å². The number of aryl methyl sites for hydroxylation is 2. The van der Waals surface area contributed by atoms with E-state index >= 15 is 0 Å². The number of carboxylic acid groups (broad SMARTS) is 1. The van der Waals surface area contributed by atoms with Crippen molar-refractivity contribution in [2.75, 3.05) is 4.72 Å². The normalized spacial score (nSPS) is 11.5. The Bertz CT molecular complexity index is 732. The molecule has 0 bridgehead atoms. The summed E-state index contributed by atoms with van der Waals surface area (Å²) in [5.41, 5.74) is -0.433. The van der Waals surface area contributed by atoms with E-state index in [1.54, 1.807) is 6.92 Å². The van der Waals surface area contributed by atoms with Gasteiger partial charge in [-0.2, -0.15) is 5.10 Å². The van der Waals surface area contributed by atoms with Crippen LogP contribution in [0.3, 0.4) is 0 Å². The molecular weight excluding hydrogens is 294 g/mol. The molecule has 0 saturated heterocycles. The van der Waals surface area contributed by atoms with Crippen molar-refractivity contribution < 1.29 is 18.3 Å². The summed E-state index contributed by atoms with van der Waals surface area (Å²) in [6, 6.07) is 0. The van der Waals surface area contributed by atoms with Gasteiger partial charge in [0, 0.05) is 0 Å². The highest BCUT2D eigenvalue weighted by Gasteiger charge is 2.29. The molecule has 0 aliphatic carbocycles. The predicted molar refractivity (Wildman–Crippen MR) is 65.7 cm³/mol. The van der Waals surface area contributed by atoms with Crippen LogP contribution in [0.2, 0.25) is 0 Å². The lowest BCUT2D eigenvalue weighted by molar-refractivity contribution is 0.0686. The van der Waals surface area contributed by atoms with E-state index < -0.39 is 26.6 Å². The van der Waals surface area contributed by atoms with E-state index in [0.29, 0.717) is 5.01 Å². The van der Waals surface area contributed by atoms with Crippen LogP contribution < -0.4 is 4.72 Å². The number of hydrogen-bond acceptors (Lipinski definition) is 7. The summed E-state index contributed by atoms with van der Waals surface area (Å²) in [7, 11) is -4.08. The highest BCUT2D eigenvalue weighted by atomic mass is 32.2. The Morgan fingerprint density at radius 3 is 2.58 bits per heavy atom. The summed E-state index contributed by atoms with van der Waals surface area (Å²) in [5.74, 6) is -1.43. The van der Waals surface area contributed by atoms with E-state index in [2.05, 4.69) is 25.1 Å². The molecule has 0 aliphatic rings. The van der Waals surface area contributed by atoms with Crippen molar-refractivity contribution in [2.24, 2.45) is 0 Å². The van der Waals surface area contributed by atoms with E-state index in [0.717, 1.165) is 11.3 Å². The molecule has 2 heterocycles. The molecule has 11 heteroatoms. The third-order valence-electron chi connectivity index (χ3n) is 2.11. The largest absolute Gasteiger partial charge is 0.476 e. The van der Waals surface area contributed by atoms with Gasteiger partial charge in [0.25, 0.3) is 10.0 Å². The first-order chi connectivity index (χ1) is 8.81. The van der Waals surface area contributed by atoms with Gasteiger partial charge in [-0.1, -0.05) is 11.3 Å². The highest BCUT2D eigenvalue weighted by molar-refractivity contribution is 7.93. The number of aromatic nitrogens is 4. The number of H-pyrrole nitrogens is 1. The second kappa shape index (κ2) is 4.59. The quantitative estimate of drug-likeness (QED) is 0.742. The van der Waals surface area contributed by atoms with Gasteiger partial charge in [-0.25, -0.2) is 13.2 Å². The molecule has 2 aromatic heterocycles. The summed E-state index contributed by atoms with van der Waals surface area (Å²) < 4.78 is 26.4. The summed E-state index contributed by atoms with van der Waals surface area (Å²) in [4.78, 5) is 10.5. The molecule has 0 aromatic carbocycles. The monoisotopic (exact) mass is 303 g/mol. The van der Waals surface area contributed by atoms with Gasteiger partial charge in [0.1, 0.15) is 9.90 Å². The average Bonchev–Trinajstić information content (AvgIpc) is 2.84. The fraction of sp³-hybridized carbons (Fsp3) is 0.250. The first-order valence-corrected chi connectivity index (χ1v) is 7.22. The minimum atomic E-state index is -4.08. The lowest BCUT2D eigenvalue weighted by atomic mass is 10.4. The zero-order valence-corrected chi connectivity index (χ0v) is 11.5. The molecular formula is C8H9N5O4S2. The SMILES string of the molecule is Cc1nnc(NS(=O)(=O)c2c(C(=O)O)n[nH]c2C)s1. The number of rotatable bonds is 4. The number of nitrogens with one attached hydrogen (secondary N) is 2. The first-order valence-electron chi connectivity index (χ1n) is 4.92. The van der Waals surface area contributed by atoms with Gasteiger partial charge >= 0.3 is 5.97 Å². The van der Waals surface area contributed by atoms with E-state index in [4.69, 9.17) is 5.11 Å². The Labute approximate surface area is 111 Å². The maximum Gasteiger partial charge on any atom is 0.357 e. The predicted octanol–water partition coefficient (Wildman–Crippen LogP) is 0.377. The number of carboxylic acids is 1. The van der Waals surface area contributed by atoms with Crippen molar-refractivity contribution >= 4 is 32.5 Å². The third-order valence-corrected chi connectivity index (χ3v) is 4.49. The van der Waals surface area contributed by atoms with E-state index in [1.807, 2.05) is 0 Å². The Hall–Kier alpha value is -2.01. The van der Waals surface area contributed by atoms with Crippen LogP contribution in [0.1, 0.15) is 21.2 Å². The second-order valence-electron chi connectivity index (χ2n) is 3.56. The lowest BCUT2D eigenvalue weighted by Gasteiger charge is -2.04. The van der Waals surface area contributed by atoms with Crippen LogP contribution in [-0.2, 0) is 10.0 Å². The van der Waals surface area contributed by atoms with Crippen molar-refractivity contribution in [3.63, 3.8) is 0 Å². The zero-order chi connectivity index (χ0) is 14.2. The van der Waals surface area contributed by atoms with Crippen molar-refractivity contribution in [1.29, 1.82) is 0 Å². The molecule has 0 spiro atoms. The molecule has 2 rings (SSSR count). The number of hydrogen-bond donors (Lipinski definition) is 3. The average molecular weight is 303 g/mol. The van der Waals surface area contributed by atoms with Crippen molar-refractivity contribution in [1.82, 2.24) is 20.4 Å². The Morgan fingerprint density at radius 1 is 1.37 bits per heavy atom. The summed E-state index contributed by atoms with van der Waals surface area (Å²) in [5, 5.41) is 22.6. The maximum atomic E-state index is 12.1. The number of anilines is 1. The van der Waals surface area contributed by atoms with Gasteiger partial charge in [-0.15, -0.1) is 10.2 Å². The van der Waals surface area contributed by atoms with Gasteiger partial charge in [0.05, 0.1) is 5.69 Å². The molecule has 0 amide bonds. The minimum absolute atomic E-state index is 0.0643. The lowest BCUT2D eigenvalue weighted by Crippen LogP contribution is -2.16. The van der Waals surface area contributed by atoms with Gasteiger partial charge in [-0.3, -0.25) is 9.82 Å². The van der Waals surface area contributed by atoms with Crippen LogP contribution in [-0.4, -0.2) is 39.9 Å². The van der Waals surface area contributed by atoms with Crippen molar-refractivity contribution in [2.45, 2.75) is 18.7 Å². The molecule has 0 fully saturated rings. The van der Waals surface area contributed by atoms with Crippen molar-refractivity contribution in [3.05, 3.63) is 16.4 Å².